The molecule has 0 spiro atoms. The van der Waals surface area contributed by atoms with Crippen molar-refractivity contribution in [3.8, 4) is 0 Å². The lowest BCUT2D eigenvalue weighted by molar-refractivity contribution is -0.114. The van der Waals surface area contributed by atoms with Crippen LogP contribution >= 0.6 is 22.6 Å². The van der Waals surface area contributed by atoms with Crippen molar-refractivity contribution in [3.63, 3.8) is 0 Å². The zero-order valence-electron chi connectivity index (χ0n) is 15.1. The zero-order valence-corrected chi connectivity index (χ0v) is 17.3. The summed E-state index contributed by atoms with van der Waals surface area (Å²) in [7, 11) is 0. The number of anilines is 2. The number of halogens is 1. The van der Waals surface area contributed by atoms with Gasteiger partial charge < -0.3 is 16.0 Å². The van der Waals surface area contributed by atoms with Crippen molar-refractivity contribution in [2.24, 2.45) is 0 Å². The van der Waals surface area contributed by atoms with Gasteiger partial charge in [0, 0.05) is 26.6 Å². The Morgan fingerprint density at radius 3 is 2.44 bits per heavy atom. The quantitative estimate of drug-likeness (QED) is 0.541. The number of hydrogen-bond acceptors (Lipinski definition) is 3. The van der Waals surface area contributed by atoms with Crippen LogP contribution in [0.15, 0.2) is 48.5 Å². The predicted molar refractivity (Wildman–Crippen MR) is 117 cm³/mol. The molecule has 2 aromatic carbocycles. The SMILES string of the molecule is O=C(CNc1cccc(C(=O)NC2CCCCC2)c1)Nc1ccc(I)cc1. The Morgan fingerprint density at radius 2 is 1.70 bits per heavy atom. The summed E-state index contributed by atoms with van der Waals surface area (Å²) in [5.74, 6) is -0.179. The maximum atomic E-state index is 12.5. The summed E-state index contributed by atoms with van der Waals surface area (Å²) in [6.45, 7) is 0.139. The van der Waals surface area contributed by atoms with E-state index >= 15 is 0 Å². The Bertz CT molecular complexity index is 786. The minimum atomic E-state index is -0.131. The Labute approximate surface area is 173 Å². The van der Waals surface area contributed by atoms with Crippen LogP contribution in [0.1, 0.15) is 42.5 Å². The normalized spacial score (nSPS) is 14.4. The van der Waals surface area contributed by atoms with Crippen LogP contribution in [0.2, 0.25) is 0 Å². The fourth-order valence-electron chi connectivity index (χ4n) is 3.21. The summed E-state index contributed by atoms with van der Waals surface area (Å²) in [5, 5.41) is 9.05. The molecule has 0 bridgehead atoms. The smallest absolute Gasteiger partial charge is 0.251 e. The maximum Gasteiger partial charge on any atom is 0.251 e. The van der Waals surface area contributed by atoms with E-state index in [1.54, 1.807) is 12.1 Å². The molecule has 1 saturated carbocycles. The van der Waals surface area contributed by atoms with Crippen LogP contribution in [0.25, 0.3) is 0 Å². The summed E-state index contributed by atoms with van der Waals surface area (Å²) in [5.41, 5.74) is 2.13. The van der Waals surface area contributed by atoms with Gasteiger partial charge in [0.05, 0.1) is 6.54 Å². The van der Waals surface area contributed by atoms with Crippen molar-refractivity contribution in [1.29, 1.82) is 0 Å². The van der Waals surface area contributed by atoms with Gasteiger partial charge in [-0.15, -0.1) is 0 Å². The second-order valence-electron chi connectivity index (χ2n) is 6.80. The largest absolute Gasteiger partial charge is 0.376 e. The van der Waals surface area contributed by atoms with Crippen molar-refractivity contribution in [2.45, 2.75) is 38.1 Å². The molecule has 2 aromatic rings. The molecule has 0 aliphatic heterocycles. The number of amides is 2. The van der Waals surface area contributed by atoms with Crippen LogP contribution < -0.4 is 16.0 Å². The first-order valence-electron chi connectivity index (χ1n) is 9.30. The molecule has 3 N–H and O–H groups in total. The third kappa shape index (κ3) is 6.23. The Kier molecular flexibility index (Phi) is 7.09. The van der Waals surface area contributed by atoms with E-state index in [9.17, 15) is 9.59 Å². The van der Waals surface area contributed by atoms with Crippen LogP contribution in [0.3, 0.4) is 0 Å². The first kappa shape index (κ1) is 19.7. The van der Waals surface area contributed by atoms with Crippen molar-refractivity contribution in [1.82, 2.24) is 5.32 Å². The monoisotopic (exact) mass is 477 g/mol. The topological polar surface area (TPSA) is 70.2 Å². The number of carbonyl (C=O) groups excluding carboxylic acids is 2. The third-order valence-electron chi connectivity index (χ3n) is 4.65. The minimum absolute atomic E-state index is 0.0473. The lowest BCUT2D eigenvalue weighted by Crippen LogP contribution is -2.36. The van der Waals surface area contributed by atoms with Crippen molar-refractivity contribution in [3.05, 3.63) is 57.7 Å². The Balaban J connectivity index is 1.51. The summed E-state index contributed by atoms with van der Waals surface area (Å²) in [4.78, 5) is 24.6. The number of benzene rings is 2. The van der Waals surface area contributed by atoms with Gasteiger partial charge in [-0.1, -0.05) is 25.3 Å². The molecule has 142 valence electrons. The Morgan fingerprint density at radius 1 is 0.963 bits per heavy atom. The third-order valence-corrected chi connectivity index (χ3v) is 5.37. The second-order valence-corrected chi connectivity index (χ2v) is 8.04. The second kappa shape index (κ2) is 9.73. The minimum Gasteiger partial charge on any atom is -0.376 e. The average Bonchev–Trinajstić information content (AvgIpc) is 2.69. The van der Waals surface area contributed by atoms with Gasteiger partial charge in [0.15, 0.2) is 0 Å². The highest BCUT2D eigenvalue weighted by molar-refractivity contribution is 14.1. The molecule has 1 fully saturated rings. The van der Waals surface area contributed by atoms with Crippen LogP contribution in [0.5, 0.6) is 0 Å². The molecule has 0 atom stereocenters. The van der Waals surface area contributed by atoms with E-state index in [4.69, 9.17) is 0 Å². The molecule has 1 aliphatic rings. The van der Waals surface area contributed by atoms with E-state index in [-0.39, 0.29) is 24.4 Å². The molecule has 0 unspecified atom stereocenters. The molecule has 0 radical (unpaired) electrons. The van der Waals surface area contributed by atoms with Crippen molar-refractivity contribution in [2.75, 3.05) is 17.2 Å². The zero-order chi connectivity index (χ0) is 19.1. The fourth-order valence-corrected chi connectivity index (χ4v) is 3.57. The molecule has 0 saturated heterocycles. The van der Waals surface area contributed by atoms with Crippen molar-refractivity contribution < 1.29 is 9.59 Å². The van der Waals surface area contributed by atoms with Gasteiger partial charge in [-0.05, 0) is 77.9 Å². The van der Waals surface area contributed by atoms with Gasteiger partial charge in [-0.3, -0.25) is 9.59 Å². The van der Waals surface area contributed by atoms with E-state index in [1.165, 1.54) is 19.3 Å². The van der Waals surface area contributed by atoms with Gasteiger partial charge in [-0.25, -0.2) is 0 Å². The molecule has 5 nitrogen and oxygen atoms in total. The number of hydrogen-bond donors (Lipinski definition) is 3. The van der Waals surface area contributed by atoms with Crippen molar-refractivity contribution >= 4 is 45.8 Å². The molecule has 2 amide bonds. The summed E-state index contributed by atoms with van der Waals surface area (Å²) in [6, 6.07) is 15.2. The fraction of sp³-hybridized carbons (Fsp3) is 0.333. The highest BCUT2D eigenvalue weighted by Crippen LogP contribution is 2.18. The lowest BCUT2D eigenvalue weighted by Gasteiger charge is -2.22. The van der Waals surface area contributed by atoms with E-state index in [2.05, 4.69) is 38.5 Å². The van der Waals surface area contributed by atoms with Crippen LogP contribution in [-0.4, -0.2) is 24.4 Å². The summed E-state index contributed by atoms with van der Waals surface area (Å²) >= 11 is 2.22. The molecular weight excluding hydrogens is 453 g/mol. The van der Waals surface area contributed by atoms with Crippen LogP contribution in [0, 0.1) is 3.57 Å². The van der Waals surface area contributed by atoms with Gasteiger partial charge in [0.25, 0.3) is 5.91 Å². The van der Waals surface area contributed by atoms with Crippen LogP contribution in [0.4, 0.5) is 11.4 Å². The molecule has 1 aliphatic carbocycles. The Hall–Kier alpha value is -2.09. The number of rotatable bonds is 6. The predicted octanol–water partition coefficient (Wildman–Crippen LogP) is 4.40. The first-order chi connectivity index (χ1) is 13.1. The van der Waals surface area contributed by atoms with E-state index in [0.717, 1.165) is 27.8 Å². The lowest BCUT2D eigenvalue weighted by atomic mass is 9.95. The summed E-state index contributed by atoms with van der Waals surface area (Å²) in [6.07, 6.45) is 5.74. The standard InChI is InChI=1S/C21H24IN3O2/c22-16-9-11-18(12-10-16)24-20(26)14-23-19-8-4-5-15(13-19)21(27)25-17-6-2-1-3-7-17/h4-5,8-13,17,23H,1-3,6-7,14H2,(H,24,26)(H,25,27). The first-order valence-corrected chi connectivity index (χ1v) is 10.4. The maximum absolute atomic E-state index is 12.5. The summed E-state index contributed by atoms with van der Waals surface area (Å²) < 4.78 is 1.12. The van der Waals surface area contributed by atoms with Gasteiger partial charge in [-0.2, -0.15) is 0 Å². The van der Waals surface area contributed by atoms with E-state index < -0.39 is 0 Å². The highest BCUT2D eigenvalue weighted by atomic mass is 127. The highest BCUT2D eigenvalue weighted by Gasteiger charge is 2.16. The molecular formula is C21H24IN3O2. The molecule has 27 heavy (non-hydrogen) atoms. The van der Waals surface area contributed by atoms with E-state index in [0.29, 0.717) is 5.56 Å². The van der Waals surface area contributed by atoms with Crippen LogP contribution in [-0.2, 0) is 4.79 Å². The number of carbonyl (C=O) groups is 2. The molecule has 6 heteroatoms. The molecule has 3 rings (SSSR count). The van der Waals surface area contributed by atoms with E-state index in [1.807, 2.05) is 36.4 Å². The van der Waals surface area contributed by atoms with Gasteiger partial charge in [0.2, 0.25) is 5.91 Å². The molecule has 0 aromatic heterocycles. The number of nitrogens with one attached hydrogen (secondary N) is 3. The van der Waals surface area contributed by atoms with Gasteiger partial charge >= 0.3 is 0 Å². The average molecular weight is 477 g/mol. The molecule has 0 heterocycles. The van der Waals surface area contributed by atoms with Gasteiger partial charge in [0.1, 0.15) is 0 Å².